The Morgan fingerprint density at radius 3 is 2.30 bits per heavy atom. The maximum atomic E-state index is 10.8. The van der Waals surface area contributed by atoms with E-state index in [1.807, 2.05) is 60.8 Å². The van der Waals surface area contributed by atoms with Gasteiger partial charge in [-0.15, -0.1) is 0 Å². The van der Waals surface area contributed by atoms with Crippen molar-refractivity contribution in [3.05, 3.63) is 77.9 Å². The summed E-state index contributed by atoms with van der Waals surface area (Å²) in [7, 11) is 11.9. The van der Waals surface area contributed by atoms with Crippen LogP contribution in [0.5, 0.6) is 5.75 Å². The van der Waals surface area contributed by atoms with Gasteiger partial charge in [-0.1, -0.05) is 75.3 Å². The zero-order valence-corrected chi connectivity index (χ0v) is 19.2. The first-order chi connectivity index (χ1) is 13.1. The molecule has 0 saturated carbocycles. The molecule has 3 aromatic rings. The molecule has 0 heterocycles. The number of phenols is 1. The Balaban J connectivity index is 0.000000817. The predicted molar refractivity (Wildman–Crippen MR) is 118 cm³/mol. The van der Waals surface area contributed by atoms with E-state index < -0.39 is 17.0 Å². The fourth-order valence-electron chi connectivity index (χ4n) is 2.74. The van der Waals surface area contributed by atoms with Crippen molar-refractivity contribution in [2.24, 2.45) is 4.99 Å². The van der Waals surface area contributed by atoms with Crippen LogP contribution in [0.1, 0.15) is 11.1 Å². The van der Waals surface area contributed by atoms with E-state index in [4.69, 9.17) is 18.6 Å². The summed E-state index contributed by atoms with van der Waals surface area (Å²) in [5.74, 6) is 0.365. The molecule has 27 heavy (non-hydrogen) atoms. The number of aliphatic imine (C=N–C) groups is 1. The zero-order chi connectivity index (χ0) is 19.6. The Kier molecular flexibility index (Phi) is 9.55. The molecule has 0 amide bonds. The first kappa shape index (κ1) is 22.1. The van der Waals surface area contributed by atoms with Crippen LogP contribution in [0.25, 0.3) is 11.1 Å². The van der Waals surface area contributed by atoms with Gasteiger partial charge in [0.25, 0.3) is 0 Å². The van der Waals surface area contributed by atoms with Gasteiger partial charge in [-0.2, -0.15) is 0 Å². The fourth-order valence-corrected chi connectivity index (χ4v) is 4.01. The molecule has 1 atom stereocenters. The summed E-state index contributed by atoms with van der Waals surface area (Å²) in [5.41, 5.74) is 4.23. The number of nitrogens with zero attached hydrogens (tertiary/aromatic N) is 1. The van der Waals surface area contributed by atoms with Crippen LogP contribution < -0.4 is 10.6 Å². The van der Waals surface area contributed by atoms with Crippen LogP contribution in [0.4, 0.5) is 0 Å². The molecule has 1 N–H and O–H groups in total. The summed E-state index contributed by atoms with van der Waals surface area (Å²) in [5, 5.41) is 13.0. The number of halogens is 2. The monoisotopic (exact) mass is 451 g/mol. The zero-order valence-electron chi connectivity index (χ0n) is 15.1. The average molecular weight is 452 g/mol. The SMILES string of the molecule is CN=Cc1cccc(C)c1Pc1cccc(-c2ccccc2)c1O.[Cl][Ti][Cl]. The second kappa shape index (κ2) is 11.6. The van der Waals surface area contributed by atoms with Crippen molar-refractivity contribution in [2.45, 2.75) is 6.92 Å². The van der Waals surface area contributed by atoms with Crippen LogP contribution in [-0.2, 0) is 17.0 Å². The number of aryl methyl sites for hydroxylation is 1. The van der Waals surface area contributed by atoms with E-state index in [0.29, 0.717) is 14.3 Å². The van der Waals surface area contributed by atoms with Crippen LogP contribution in [0.2, 0.25) is 0 Å². The standard InChI is InChI=1S/C21H20NOP.2ClH.Ti/c1-15-8-6-11-17(14-22-2)21(15)24-19-13-7-12-18(20(19)23)16-9-4-3-5-10-16;;;/h3-14,23-24H,1-2H3;2*1H;/q;;;+2/p-2. The quantitative estimate of drug-likeness (QED) is 0.320. The van der Waals surface area contributed by atoms with E-state index in [0.717, 1.165) is 22.0 Å². The van der Waals surface area contributed by atoms with Crippen molar-refractivity contribution in [3.63, 3.8) is 0 Å². The summed E-state index contributed by atoms with van der Waals surface area (Å²) in [6.45, 7) is 2.10. The molecule has 2 nitrogen and oxygen atoms in total. The molecule has 0 bridgehead atoms. The molecule has 3 aromatic carbocycles. The van der Waals surface area contributed by atoms with E-state index in [1.54, 1.807) is 7.05 Å². The van der Waals surface area contributed by atoms with Gasteiger partial charge in [0, 0.05) is 29.7 Å². The van der Waals surface area contributed by atoms with Gasteiger partial charge in [-0.25, -0.2) is 0 Å². The third kappa shape index (κ3) is 6.17. The van der Waals surface area contributed by atoms with Crippen LogP contribution in [0.15, 0.2) is 71.7 Å². The number of phenolic OH excluding ortho intramolecular Hbond substituents is 1. The molecule has 0 saturated heterocycles. The van der Waals surface area contributed by atoms with Gasteiger partial charge in [0.05, 0.1) is 0 Å². The molecule has 3 rings (SSSR count). The summed E-state index contributed by atoms with van der Waals surface area (Å²) in [6, 6.07) is 22.2. The van der Waals surface area contributed by atoms with Crippen LogP contribution in [0.3, 0.4) is 0 Å². The summed E-state index contributed by atoms with van der Waals surface area (Å²) in [6.07, 6.45) is 1.88. The van der Waals surface area contributed by atoms with Crippen LogP contribution >= 0.6 is 27.2 Å². The Bertz CT molecular complexity index is 904. The number of para-hydroxylation sites is 1. The number of hydrogen-bond donors (Lipinski definition) is 1. The van der Waals surface area contributed by atoms with Gasteiger partial charge < -0.3 is 5.11 Å². The van der Waals surface area contributed by atoms with E-state index in [1.165, 1.54) is 10.9 Å². The third-order valence-corrected chi connectivity index (χ3v) is 5.56. The van der Waals surface area contributed by atoms with Gasteiger partial charge in [0.2, 0.25) is 0 Å². The van der Waals surface area contributed by atoms with E-state index in [9.17, 15) is 5.11 Å². The molecule has 6 heteroatoms. The molecule has 0 aliphatic rings. The second-order valence-corrected chi connectivity index (χ2v) is 9.56. The van der Waals surface area contributed by atoms with Gasteiger partial charge >= 0.3 is 35.6 Å². The molecular weight excluding hydrogens is 432 g/mol. The minimum atomic E-state index is -0.556. The number of hydrogen-bond acceptors (Lipinski definition) is 2. The van der Waals surface area contributed by atoms with Crippen LogP contribution in [-0.4, -0.2) is 18.4 Å². The topological polar surface area (TPSA) is 32.6 Å². The van der Waals surface area contributed by atoms with Crippen LogP contribution in [0, 0.1) is 6.92 Å². The normalized spacial score (nSPS) is 10.8. The summed E-state index contributed by atoms with van der Waals surface area (Å²) < 4.78 is 0. The Hall–Kier alpha value is -1.15. The van der Waals surface area contributed by atoms with Crippen molar-refractivity contribution in [1.29, 1.82) is 0 Å². The predicted octanol–water partition coefficient (Wildman–Crippen LogP) is 5.42. The van der Waals surface area contributed by atoms with Crippen molar-refractivity contribution in [2.75, 3.05) is 7.05 Å². The molecule has 0 spiro atoms. The molecule has 1 unspecified atom stereocenters. The molecule has 0 aliphatic heterocycles. The van der Waals surface area contributed by atoms with Crippen molar-refractivity contribution in [3.8, 4) is 16.9 Å². The first-order valence-electron chi connectivity index (χ1n) is 8.24. The van der Waals surface area contributed by atoms with E-state index in [2.05, 4.69) is 24.0 Å². The average Bonchev–Trinajstić information content (AvgIpc) is 2.67. The second-order valence-electron chi connectivity index (χ2n) is 5.69. The number of rotatable bonds is 4. The summed E-state index contributed by atoms with van der Waals surface area (Å²) in [4.78, 5) is 4.15. The summed E-state index contributed by atoms with van der Waals surface area (Å²) >= 11 is -0.556. The van der Waals surface area contributed by atoms with E-state index >= 15 is 0 Å². The third-order valence-electron chi connectivity index (χ3n) is 3.95. The van der Waals surface area contributed by atoms with Gasteiger partial charge in [0.15, 0.2) is 0 Å². The Labute approximate surface area is 179 Å². The Morgan fingerprint density at radius 1 is 0.963 bits per heavy atom. The molecular formula is C21H20Cl2NOPTi. The molecule has 138 valence electrons. The van der Waals surface area contributed by atoms with Crippen molar-refractivity contribution < 1.29 is 22.1 Å². The first-order valence-corrected chi connectivity index (χ1v) is 13.5. The maximum absolute atomic E-state index is 10.8. The fraction of sp³-hybridized carbons (Fsp3) is 0.0952. The molecule has 0 radical (unpaired) electrons. The van der Waals surface area contributed by atoms with Crippen molar-refractivity contribution in [1.82, 2.24) is 0 Å². The molecule has 0 aliphatic carbocycles. The number of benzene rings is 3. The van der Waals surface area contributed by atoms with E-state index in [-0.39, 0.29) is 0 Å². The molecule has 0 fully saturated rings. The van der Waals surface area contributed by atoms with Crippen molar-refractivity contribution >= 4 is 44.0 Å². The van der Waals surface area contributed by atoms with Gasteiger partial charge in [-0.05, 0) is 23.4 Å². The minimum absolute atomic E-state index is 0.365. The Morgan fingerprint density at radius 2 is 1.63 bits per heavy atom. The van der Waals surface area contributed by atoms with Gasteiger partial charge in [-0.3, -0.25) is 4.99 Å². The molecule has 0 aromatic heterocycles. The van der Waals surface area contributed by atoms with Gasteiger partial charge in [0.1, 0.15) is 5.75 Å². The number of aromatic hydroxyl groups is 1.